The fourth-order valence-corrected chi connectivity index (χ4v) is 8.95. The van der Waals surface area contributed by atoms with Crippen LogP contribution >= 0.6 is 23.1 Å². The molecule has 6 nitrogen and oxygen atoms in total. The molecule has 0 saturated heterocycles. The molecule has 0 unspecified atom stereocenters. The molecule has 2 aromatic carbocycles. The first kappa shape index (κ1) is 21.0. The minimum Gasteiger partial charge on any atom is -0.489 e. The molecule has 1 N–H and O–H groups in total. The third-order valence-corrected chi connectivity index (χ3v) is 10.1. The lowest BCUT2D eigenvalue weighted by molar-refractivity contribution is -0.385. The Bertz CT molecular complexity index is 1280. The van der Waals surface area contributed by atoms with E-state index in [1.165, 1.54) is 42.2 Å². The Morgan fingerprint density at radius 1 is 1.15 bits per heavy atom. The molecule has 8 heteroatoms. The number of non-ortho nitro benzene ring substituents is 1. The van der Waals surface area contributed by atoms with Gasteiger partial charge in [-0.1, -0.05) is 41.2 Å². The number of thiazole rings is 1. The molecule has 0 spiro atoms. The largest absolute Gasteiger partial charge is 0.489 e. The van der Waals surface area contributed by atoms with Gasteiger partial charge in [0.2, 0.25) is 0 Å². The van der Waals surface area contributed by atoms with Crippen LogP contribution in [-0.4, -0.2) is 15.2 Å². The molecule has 2 fully saturated rings. The lowest BCUT2D eigenvalue weighted by Crippen LogP contribution is -2.33. The van der Waals surface area contributed by atoms with Crippen LogP contribution in [0.25, 0.3) is 0 Å². The summed E-state index contributed by atoms with van der Waals surface area (Å²) in [6.07, 6.45) is 3.65. The van der Waals surface area contributed by atoms with Crippen molar-refractivity contribution in [2.75, 3.05) is 0 Å². The summed E-state index contributed by atoms with van der Waals surface area (Å²) in [5, 5.41) is 13.1. The lowest BCUT2D eigenvalue weighted by atomic mass is 9.74. The number of ether oxygens (including phenoxy) is 1. The van der Waals surface area contributed by atoms with Crippen molar-refractivity contribution in [3.63, 3.8) is 0 Å². The molecule has 33 heavy (non-hydrogen) atoms. The van der Waals surface area contributed by atoms with Crippen molar-refractivity contribution in [1.82, 2.24) is 4.98 Å². The van der Waals surface area contributed by atoms with Gasteiger partial charge in [0.1, 0.15) is 12.4 Å². The first-order valence-electron chi connectivity index (χ1n) is 11.3. The number of thioether (sulfide) groups is 1. The molecule has 1 aliphatic heterocycles. The smallest absolute Gasteiger partial charge is 0.305 e. The minimum atomic E-state index is -0.344. The number of nitro benzene ring substituents is 1. The standard InChI is InChI=1S/C25H24N2O4S2/c1-13-2-4-14(5-3-13)12-31-19-9-8-17(27(29)30)11-18(19)21-20-15-6-7-16(10-15)22(20)32-24-23(21)33-25(28)26-24/h2-5,8-9,11,15-16,20-22H,6-7,10,12H2,1H3,(H,26,28)/t15-,16-,20-,21-,22+/m0/s1. The topological polar surface area (TPSA) is 85.2 Å². The van der Waals surface area contributed by atoms with Gasteiger partial charge in [-0.3, -0.25) is 14.9 Å². The zero-order valence-corrected chi connectivity index (χ0v) is 19.8. The zero-order valence-electron chi connectivity index (χ0n) is 18.2. The highest BCUT2D eigenvalue weighted by Crippen LogP contribution is 2.64. The Kier molecular flexibility index (Phi) is 5.10. The van der Waals surface area contributed by atoms with Crippen LogP contribution in [-0.2, 0) is 6.61 Å². The number of hydrogen-bond acceptors (Lipinski definition) is 6. The first-order chi connectivity index (χ1) is 16.0. The second-order valence-corrected chi connectivity index (χ2v) is 11.6. The average Bonchev–Trinajstić information content (AvgIpc) is 3.51. The third-order valence-electron chi connectivity index (χ3n) is 7.52. The lowest BCUT2D eigenvalue weighted by Gasteiger charge is -2.40. The molecule has 170 valence electrons. The highest BCUT2D eigenvalue weighted by Gasteiger charge is 2.55. The maximum atomic E-state index is 12.3. The normalized spacial score (nSPS) is 27.2. The number of aryl methyl sites for hydroxylation is 1. The predicted molar refractivity (Wildman–Crippen MR) is 129 cm³/mol. The summed E-state index contributed by atoms with van der Waals surface area (Å²) in [4.78, 5) is 27.7. The van der Waals surface area contributed by atoms with E-state index in [-0.39, 0.29) is 21.4 Å². The number of rotatable bonds is 5. The Labute approximate surface area is 199 Å². The molecule has 2 bridgehead atoms. The fourth-order valence-electron chi connectivity index (χ4n) is 6.07. The first-order valence-corrected chi connectivity index (χ1v) is 13.0. The van der Waals surface area contributed by atoms with Crippen LogP contribution in [0.2, 0.25) is 0 Å². The van der Waals surface area contributed by atoms with Crippen LogP contribution in [0.3, 0.4) is 0 Å². The summed E-state index contributed by atoms with van der Waals surface area (Å²) in [6, 6.07) is 13.1. The quantitative estimate of drug-likeness (QED) is 0.364. The van der Waals surface area contributed by atoms with E-state index in [1.54, 1.807) is 12.1 Å². The van der Waals surface area contributed by atoms with Gasteiger partial charge in [0.05, 0.1) is 9.95 Å². The molecule has 2 heterocycles. The van der Waals surface area contributed by atoms with Gasteiger partial charge in [-0.2, -0.15) is 0 Å². The highest BCUT2D eigenvalue weighted by atomic mass is 32.2. The Morgan fingerprint density at radius 3 is 2.73 bits per heavy atom. The van der Waals surface area contributed by atoms with Gasteiger partial charge in [-0.25, -0.2) is 0 Å². The van der Waals surface area contributed by atoms with Crippen molar-refractivity contribution >= 4 is 28.8 Å². The van der Waals surface area contributed by atoms with Crippen LogP contribution in [0, 0.1) is 34.8 Å². The van der Waals surface area contributed by atoms with Gasteiger partial charge < -0.3 is 9.72 Å². The van der Waals surface area contributed by atoms with E-state index in [1.807, 2.05) is 30.8 Å². The second-order valence-electron chi connectivity index (χ2n) is 9.43. The molecular formula is C25H24N2O4S2. The van der Waals surface area contributed by atoms with Crippen molar-refractivity contribution < 1.29 is 9.66 Å². The van der Waals surface area contributed by atoms with E-state index >= 15 is 0 Å². The molecular weight excluding hydrogens is 456 g/mol. The Hall–Kier alpha value is -2.58. The summed E-state index contributed by atoms with van der Waals surface area (Å²) in [6.45, 7) is 2.44. The number of nitrogens with zero attached hydrogens (tertiary/aromatic N) is 1. The van der Waals surface area contributed by atoms with Crippen LogP contribution in [0.15, 0.2) is 52.3 Å². The molecule has 6 rings (SSSR count). The summed E-state index contributed by atoms with van der Waals surface area (Å²) < 4.78 is 6.29. The molecule has 0 amide bonds. The number of benzene rings is 2. The second kappa shape index (κ2) is 8.02. The number of hydrogen-bond donors (Lipinski definition) is 1. The van der Waals surface area contributed by atoms with E-state index in [4.69, 9.17) is 4.74 Å². The molecule has 3 aliphatic rings. The number of H-pyrrole nitrogens is 1. The number of aromatic nitrogens is 1. The summed E-state index contributed by atoms with van der Waals surface area (Å²) in [7, 11) is 0. The molecule has 2 aliphatic carbocycles. The van der Waals surface area contributed by atoms with Crippen LogP contribution in [0.5, 0.6) is 5.75 Å². The van der Waals surface area contributed by atoms with Gasteiger partial charge in [0.25, 0.3) is 5.69 Å². The monoisotopic (exact) mass is 480 g/mol. The highest BCUT2D eigenvalue weighted by molar-refractivity contribution is 8.00. The van der Waals surface area contributed by atoms with E-state index in [0.29, 0.717) is 35.4 Å². The summed E-state index contributed by atoms with van der Waals surface area (Å²) in [5.41, 5.74) is 3.14. The molecule has 5 atom stereocenters. The van der Waals surface area contributed by atoms with E-state index in [9.17, 15) is 14.9 Å². The number of nitro groups is 1. The van der Waals surface area contributed by atoms with Crippen molar-refractivity contribution in [1.29, 1.82) is 0 Å². The number of fused-ring (bicyclic) bond motifs is 6. The third kappa shape index (κ3) is 3.60. The van der Waals surface area contributed by atoms with Gasteiger partial charge in [0, 0.05) is 33.7 Å². The fraction of sp³-hybridized carbons (Fsp3) is 0.400. The van der Waals surface area contributed by atoms with E-state index in [2.05, 4.69) is 17.1 Å². The van der Waals surface area contributed by atoms with Gasteiger partial charge in [-0.15, -0.1) is 11.8 Å². The van der Waals surface area contributed by atoms with Crippen molar-refractivity contribution in [3.05, 3.63) is 83.8 Å². The predicted octanol–water partition coefficient (Wildman–Crippen LogP) is 5.88. The maximum Gasteiger partial charge on any atom is 0.305 e. The Morgan fingerprint density at radius 2 is 1.94 bits per heavy atom. The zero-order chi connectivity index (χ0) is 22.7. The van der Waals surface area contributed by atoms with Crippen LogP contribution < -0.4 is 9.61 Å². The van der Waals surface area contributed by atoms with E-state index < -0.39 is 0 Å². The minimum absolute atomic E-state index is 0.0570. The summed E-state index contributed by atoms with van der Waals surface area (Å²) in [5.74, 6) is 2.23. The van der Waals surface area contributed by atoms with Gasteiger partial charge >= 0.3 is 4.87 Å². The molecule has 0 radical (unpaired) electrons. The van der Waals surface area contributed by atoms with Gasteiger partial charge in [0.15, 0.2) is 0 Å². The molecule has 1 aromatic heterocycles. The van der Waals surface area contributed by atoms with Gasteiger partial charge in [-0.05, 0) is 55.6 Å². The molecule has 2 saturated carbocycles. The van der Waals surface area contributed by atoms with Crippen molar-refractivity contribution in [3.8, 4) is 5.75 Å². The number of nitrogens with one attached hydrogen (secondary N) is 1. The van der Waals surface area contributed by atoms with Crippen molar-refractivity contribution in [2.24, 2.45) is 17.8 Å². The summed E-state index contributed by atoms with van der Waals surface area (Å²) >= 11 is 3.07. The number of aromatic amines is 1. The SMILES string of the molecule is Cc1ccc(COc2ccc([N+](=O)[O-])cc2[C@@H]2c3sc(=O)[nH]c3S[C@@H]3[C@H]4CC[C@@H](C4)[C@@H]23)cc1. The van der Waals surface area contributed by atoms with Crippen LogP contribution in [0.1, 0.15) is 46.7 Å². The van der Waals surface area contributed by atoms with Crippen molar-refractivity contribution in [2.45, 2.75) is 49.0 Å². The van der Waals surface area contributed by atoms with E-state index in [0.717, 1.165) is 21.0 Å². The Balaban J connectivity index is 1.44. The maximum absolute atomic E-state index is 12.3. The average molecular weight is 481 g/mol. The molecule has 3 aromatic rings. The van der Waals surface area contributed by atoms with Crippen LogP contribution in [0.4, 0.5) is 5.69 Å².